The molecule has 428 valence electrons. The minimum Gasteiger partial charge on any atom is -0.303 e. The van der Waals surface area contributed by atoms with Crippen LogP contribution in [0.5, 0.6) is 0 Å². The van der Waals surface area contributed by atoms with Crippen LogP contribution in [0.15, 0.2) is 0 Å². The molecule has 77 heavy (non-hydrogen) atoms. The fourth-order valence-electron chi connectivity index (χ4n) is 26.5. The zero-order valence-corrected chi connectivity index (χ0v) is 51.4. The molecule has 0 aromatic heterocycles. The molecule has 16 aliphatic rings. The Kier molecular flexibility index (Phi) is 19.1. The summed E-state index contributed by atoms with van der Waals surface area (Å²) >= 11 is 0. The summed E-state index contributed by atoms with van der Waals surface area (Å²) in [6, 6.07) is 0. The number of carbonyl (C=O) groups excluding carboxylic acids is 4. The molecular formula is C72H112O4Zr. The van der Waals surface area contributed by atoms with Gasteiger partial charge < -0.3 is 19.2 Å². The Balaban J connectivity index is 0.000000103. The average molecular weight is 1130 g/mol. The normalized spacial score (nSPS) is 52.3. The first kappa shape index (κ1) is 57.0. The van der Waals surface area contributed by atoms with E-state index in [1.807, 2.05) is 0 Å². The van der Waals surface area contributed by atoms with Crippen molar-refractivity contribution in [2.24, 2.45) is 166 Å². The van der Waals surface area contributed by atoms with E-state index in [0.717, 1.165) is 142 Å². The molecule has 5 heteroatoms. The summed E-state index contributed by atoms with van der Waals surface area (Å²) in [6.07, 6.45) is 62.5. The molecule has 0 N–H and O–H groups in total. The third kappa shape index (κ3) is 11.6. The summed E-state index contributed by atoms with van der Waals surface area (Å²) in [5, 5.41) is 0. The zero-order chi connectivity index (χ0) is 51.3. The van der Waals surface area contributed by atoms with Gasteiger partial charge >= 0.3 is 0 Å². The van der Waals surface area contributed by atoms with Crippen molar-refractivity contribution in [3.63, 3.8) is 0 Å². The minimum atomic E-state index is 0. The molecule has 4 nitrogen and oxygen atoms in total. The van der Waals surface area contributed by atoms with Crippen LogP contribution in [-0.4, -0.2) is 25.1 Å². The van der Waals surface area contributed by atoms with Gasteiger partial charge in [-0.15, -0.1) is 0 Å². The molecule has 0 aliphatic heterocycles. The van der Waals surface area contributed by atoms with Gasteiger partial charge in [0.1, 0.15) is 25.1 Å². The van der Waals surface area contributed by atoms with E-state index in [9.17, 15) is 19.2 Å². The van der Waals surface area contributed by atoms with Crippen LogP contribution in [0.4, 0.5) is 0 Å². The fraction of sp³-hybridized carbons (Fsp3) is 0.944. The van der Waals surface area contributed by atoms with Gasteiger partial charge in [0.15, 0.2) is 0 Å². The molecule has 28 atom stereocenters. The Morgan fingerprint density at radius 3 is 0.532 bits per heavy atom. The van der Waals surface area contributed by atoms with Crippen molar-refractivity contribution >= 4 is 25.1 Å². The van der Waals surface area contributed by atoms with Crippen LogP contribution < -0.4 is 0 Å². The molecule has 0 saturated heterocycles. The second-order valence-corrected chi connectivity index (χ2v) is 31.9. The van der Waals surface area contributed by atoms with E-state index < -0.39 is 0 Å². The number of aldehydes is 4. The summed E-state index contributed by atoms with van der Waals surface area (Å²) in [7, 11) is 0. The number of fused-ring (bicyclic) bond motifs is 20. The van der Waals surface area contributed by atoms with Crippen LogP contribution in [0.3, 0.4) is 0 Å². The van der Waals surface area contributed by atoms with E-state index in [1.165, 1.54) is 256 Å². The Morgan fingerprint density at radius 2 is 0.338 bits per heavy atom. The molecule has 0 aromatic rings. The molecule has 0 aromatic carbocycles. The van der Waals surface area contributed by atoms with Gasteiger partial charge in [-0.2, -0.15) is 0 Å². The molecule has 0 bridgehead atoms. The van der Waals surface area contributed by atoms with Crippen LogP contribution in [0.2, 0.25) is 0 Å². The summed E-state index contributed by atoms with van der Waals surface area (Å²) in [4.78, 5) is 44.3. The Morgan fingerprint density at radius 1 is 0.169 bits per heavy atom. The molecule has 16 aliphatic carbocycles. The van der Waals surface area contributed by atoms with Gasteiger partial charge in [-0.1, -0.05) is 51.4 Å². The third-order valence-corrected chi connectivity index (χ3v) is 29.5. The van der Waals surface area contributed by atoms with Gasteiger partial charge in [0, 0.05) is 49.9 Å². The first-order chi connectivity index (χ1) is 37.5. The Bertz CT molecular complexity index is 1680. The van der Waals surface area contributed by atoms with Crippen molar-refractivity contribution in [1.82, 2.24) is 0 Å². The van der Waals surface area contributed by atoms with E-state index in [0.29, 0.717) is 23.7 Å². The number of hydrogen-bond acceptors (Lipinski definition) is 4. The van der Waals surface area contributed by atoms with Crippen LogP contribution in [0.1, 0.15) is 257 Å². The zero-order valence-electron chi connectivity index (χ0n) is 48.9. The van der Waals surface area contributed by atoms with E-state index in [2.05, 4.69) is 0 Å². The maximum atomic E-state index is 11.1. The first-order valence-corrected chi connectivity index (χ1v) is 35.3. The molecular weight excluding hydrogens is 1020 g/mol. The minimum absolute atomic E-state index is 0. The SMILES string of the molecule is O=CC1CCC2C(CCC3C4CCCC4CCC23)C1.O=CC1CCC2C(CCC3C4CCCC4CCC23)C1.O=CC1CCC2C(CCC3C4CCCC4CCC23)C1.O=CC1CCC2C(CC[C@@H]3C4CCCC4CC[C@@H]23)C1.[Zr]. The van der Waals surface area contributed by atoms with Gasteiger partial charge in [0.2, 0.25) is 0 Å². The van der Waals surface area contributed by atoms with Gasteiger partial charge in [0.25, 0.3) is 0 Å². The molecule has 26 unspecified atom stereocenters. The molecule has 0 heterocycles. The van der Waals surface area contributed by atoms with Crippen molar-refractivity contribution < 1.29 is 45.4 Å². The van der Waals surface area contributed by atoms with Gasteiger partial charge in [0.05, 0.1) is 0 Å². The van der Waals surface area contributed by atoms with E-state index in [-0.39, 0.29) is 26.2 Å². The number of hydrogen-bond donors (Lipinski definition) is 0. The van der Waals surface area contributed by atoms with Gasteiger partial charge in [-0.3, -0.25) is 0 Å². The Labute approximate surface area is 489 Å². The van der Waals surface area contributed by atoms with Crippen molar-refractivity contribution in [2.75, 3.05) is 0 Å². The van der Waals surface area contributed by atoms with Crippen molar-refractivity contribution in [1.29, 1.82) is 0 Å². The number of rotatable bonds is 4. The van der Waals surface area contributed by atoms with E-state index in [4.69, 9.17) is 0 Å². The topological polar surface area (TPSA) is 68.3 Å². The van der Waals surface area contributed by atoms with Gasteiger partial charge in [-0.05, 0) is 347 Å². The molecule has 0 spiro atoms. The summed E-state index contributed by atoms with van der Waals surface area (Å²) in [5.74, 6) is 26.5. The third-order valence-electron chi connectivity index (χ3n) is 29.5. The van der Waals surface area contributed by atoms with Crippen LogP contribution in [-0.2, 0) is 45.4 Å². The molecule has 0 radical (unpaired) electrons. The van der Waals surface area contributed by atoms with Crippen molar-refractivity contribution in [3.8, 4) is 0 Å². The average Bonchev–Trinajstić information content (AvgIpc) is 4.36. The molecule has 16 rings (SSSR count). The first-order valence-electron chi connectivity index (χ1n) is 35.3. The summed E-state index contributed by atoms with van der Waals surface area (Å²) in [5.41, 5.74) is 0. The second-order valence-electron chi connectivity index (χ2n) is 31.9. The predicted molar refractivity (Wildman–Crippen MR) is 307 cm³/mol. The second kappa shape index (κ2) is 25.8. The Hall–Kier alpha value is -0.437. The van der Waals surface area contributed by atoms with Crippen LogP contribution >= 0.6 is 0 Å². The van der Waals surface area contributed by atoms with Crippen LogP contribution in [0, 0.1) is 166 Å². The standard InChI is InChI=1S/4C18H28O.Zr/c4*19-11-12-4-7-16-14(10-12)6-9-17-15-3-1-2-13(15)5-8-18(16)17;/h4*11-18H,1-10H2;/t12?,13?,14?,15?,16?,17-,18+;;;;/m1..../s1. The smallest absolute Gasteiger partial charge is 0.123 e. The van der Waals surface area contributed by atoms with E-state index >= 15 is 0 Å². The molecule has 16 saturated carbocycles. The summed E-state index contributed by atoms with van der Waals surface area (Å²) < 4.78 is 0. The molecule has 0 amide bonds. The largest absolute Gasteiger partial charge is 0.303 e. The monoisotopic (exact) mass is 1130 g/mol. The van der Waals surface area contributed by atoms with Crippen molar-refractivity contribution in [3.05, 3.63) is 0 Å². The molecule has 16 fully saturated rings. The maximum Gasteiger partial charge on any atom is 0.123 e. The van der Waals surface area contributed by atoms with Gasteiger partial charge in [-0.25, -0.2) is 0 Å². The van der Waals surface area contributed by atoms with Crippen molar-refractivity contribution in [2.45, 2.75) is 257 Å². The quantitative estimate of drug-likeness (QED) is 0.263. The number of carbonyl (C=O) groups is 4. The maximum absolute atomic E-state index is 11.1. The fourth-order valence-corrected chi connectivity index (χ4v) is 26.5. The van der Waals surface area contributed by atoms with Crippen LogP contribution in [0.25, 0.3) is 0 Å². The summed E-state index contributed by atoms with van der Waals surface area (Å²) in [6.45, 7) is 0. The van der Waals surface area contributed by atoms with E-state index in [1.54, 1.807) is 25.7 Å². The predicted octanol–water partition coefficient (Wildman–Crippen LogP) is 17.8.